The van der Waals surface area contributed by atoms with Crippen LogP contribution in [-0.4, -0.2) is 76.7 Å². The maximum Gasteiger partial charge on any atom is 0.257 e. The van der Waals surface area contributed by atoms with Gasteiger partial charge in [-0.05, 0) is 36.8 Å². The van der Waals surface area contributed by atoms with Gasteiger partial charge in [0.25, 0.3) is 11.8 Å². The SMILES string of the molecule is COc1ccc(C(=O)N2CCN(C(=O)c3cc(S(C)(=O)=O)ccc3C)CC2)c(OC)c1. The zero-order chi connectivity index (χ0) is 22.8. The monoisotopic (exact) mass is 446 g/mol. The molecule has 1 aliphatic rings. The van der Waals surface area contributed by atoms with Gasteiger partial charge in [0.1, 0.15) is 11.5 Å². The van der Waals surface area contributed by atoms with Gasteiger partial charge in [0, 0.05) is 44.1 Å². The molecule has 2 aromatic rings. The van der Waals surface area contributed by atoms with Crippen molar-refractivity contribution in [1.29, 1.82) is 0 Å². The molecule has 0 spiro atoms. The molecule has 3 rings (SSSR count). The third kappa shape index (κ3) is 4.82. The third-order valence-electron chi connectivity index (χ3n) is 5.36. The molecule has 0 saturated carbocycles. The van der Waals surface area contributed by atoms with Crippen LogP contribution in [0.15, 0.2) is 41.3 Å². The van der Waals surface area contributed by atoms with Gasteiger partial charge in [-0.15, -0.1) is 0 Å². The lowest BCUT2D eigenvalue weighted by Gasteiger charge is -2.35. The van der Waals surface area contributed by atoms with Crippen LogP contribution in [-0.2, 0) is 9.84 Å². The molecule has 0 aliphatic carbocycles. The molecule has 0 bridgehead atoms. The number of hydrogen-bond donors (Lipinski definition) is 0. The van der Waals surface area contributed by atoms with E-state index in [1.165, 1.54) is 19.2 Å². The van der Waals surface area contributed by atoms with Crippen LogP contribution in [0, 0.1) is 6.92 Å². The van der Waals surface area contributed by atoms with E-state index >= 15 is 0 Å². The lowest BCUT2D eigenvalue weighted by molar-refractivity contribution is 0.0533. The number of sulfone groups is 1. The van der Waals surface area contributed by atoms with E-state index in [-0.39, 0.29) is 16.7 Å². The number of carbonyl (C=O) groups excluding carboxylic acids is 2. The summed E-state index contributed by atoms with van der Waals surface area (Å²) >= 11 is 0. The van der Waals surface area contributed by atoms with Crippen LogP contribution in [0.4, 0.5) is 0 Å². The molecule has 8 nitrogen and oxygen atoms in total. The summed E-state index contributed by atoms with van der Waals surface area (Å²) in [4.78, 5) is 29.4. The minimum Gasteiger partial charge on any atom is -0.497 e. The van der Waals surface area contributed by atoms with Crippen molar-refractivity contribution in [1.82, 2.24) is 9.80 Å². The van der Waals surface area contributed by atoms with Crippen molar-refractivity contribution in [2.24, 2.45) is 0 Å². The Bertz CT molecular complexity index is 1100. The molecule has 0 atom stereocenters. The number of methoxy groups -OCH3 is 2. The van der Waals surface area contributed by atoms with Crippen molar-refractivity contribution < 1.29 is 27.5 Å². The Hall–Kier alpha value is -3.07. The highest BCUT2D eigenvalue weighted by molar-refractivity contribution is 7.90. The van der Waals surface area contributed by atoms with E-state index in [0.717, 1.165) is 6.26 Å². The second kappa shape index (κ2) is 8.97. The predicted octanol–water partition coefficient (Wildman–Crippen LogP) is 2.01. The van der Waals surface area contributed by atoms with E-state index in [1.54, 1.807) is 48.1 Å². The maximum atomic E-state index is 13.0. The van der Waals surface area contributed by atoms with Gasteiger partial charge < -0.3 is 19.3 Å². The minimum absolute atomic E-state index is 0.113. The summed E-state index contributed by atoms with van der Waals surface area (Å²) in [6.07, 6.45) is 1.11. The molecule has 1 saturated heterocycles. The van der Waals surface area contributed by atoms with E-state index in [0.29, 0.717) is 54.4 Å². The van der Waals surface area contributed by atoms with Crippen molar-refractivity contribution in [2.75, 3.05) is 46.7 Å². The second-order valence-electron chi connectivity index (χ2n) is 7.40. The van der Waals surface area contributed by atoms with E-state index in [9.17, 15) is 18.0 Å². The van der Waals surface area contributed by atoms with Gasteiger partial charge in [0.15, 0.2) is 9.84 Å². The van der Waals surface area contributed by atoms with Crippen LogP contribution >= 0.6 is 0 Å². The fourth-order valence-electron chi connectivity index (χ4n) is 3.49. The van der Waals surface area contributed by atoms with Gasteiger partial charge in [0.2, 0.25) is 0 Å². The van der Waals surface area contributed by atoms with Crippen molar-refractivity contribution in [3.05, 3.63) is 53.1 Å². The average Bonchev–Trinajstić information content (AvgIpc) is 2.77. The molecule has 166 valence electrons. The molecule has 0 unspecified atom stereocenters. The Morgan fingerprint density at radius 1 is 0.839 bits per heavy atom. The first kappa shape index (κ1) is 22.6. The topological polar surface area (TPSA) is 93.2 Å². The molecule has 2 amide bonds. The number of benzene rings is 2. The molecule has 0 aromatic heterocycles. The highest BCUT2D eigenvalue weighted by Crippen LogP contribution is 2.26. The van der Waals surface area contributed by atoms with Crippen molar-refractivity contribution in [2.45, 2.75) is 11.8 Å². The number of amides is 2. The Balaban J connectivity index is 1.73. The van der Waals surface area contributed by atoms with Crippen LogP contribution in [0.1, 0.15) is 26.3 Å². The summed E-state index contributed by atoms with van der Waals surface area (Å²) in [6, 6.07) is 9.58. The van der Waals surface area contributed by atoms with Crippen molar-refractivity contribution in [3.8, 4) is 11.5 Å². The highest BCUT2D eigenvalue weighted by atomic mass is 32.2. The van der Waals surface area contributed by atoms with E-state index in [1.807, 2.05) is 0 Å². The van der Waals surface area contributed by atoms with Crippen molar-refractivity contribution in [3.63, 3.8) is 0 Å². The van der Waals surface area contributed by atoms with Gasteiger partial charge in [0.05, 0.1) is 24.7 Å². The van der Waals surface area contributed by atoms with Gasteiger partial charge >= 0.3 is 0 Å². The van der Waals surface area contributed by atoms with Crippen LogP contribution in [0.25, 0.3) is 0 Å². The largest absolute Gasteiger partial charge is 0.497 e. The normalized spacial score (nSPS) is 14.3. The average molecular weight is 447 g/mol. The summed E-state index contributed by atoms with van der Waals surface area (Å²) in [7, 11) is -0.376. The third-order valence-corrected chi connectivity index (χ3v) is 6.47. The van der Waals surface area contributed by atoms with E-state index < -0.39 is 9.84 Å². The Morgan fingerprint density at radius 2 is 1.42 bits per heavy atom. The zero-order valence-corrected chi connectivity index (χ0v) is 18.9. The number of carbonyl (C=O) groups is 2. The first-order chi connectivity index (χ1) is 14.7. The van der Waals surface area contributed by atoms with Gasteiger partial charge in [-0.3, -0.25) is 9.59 Å². The van der Waals surface area contributed by atoms with Crippen LogP contribution < -0.4 is 9.47 Å². The first-order valence-electron chi connectivity index (χ1n) is 9.77. The van der Waals surface area contributed by atoms with E-state index in [4.69, 9.17) is 9.47 Å². The number of hydrogen-bond acceptors (Lipinski definition) is 6. The molecule has 2 aromatic carbocycles. The zero-order valence-electron chi connectivity index (χ0n) is 18.0. The first-order valence-corrected chi connectivity index (χ1v) is 11.7. The van der Waals surface area contributed by atoms with E-state index in [2.05, 4.69) is 0 Å². The van der Waals surface area contributed by atoms with Gasteiger partial charge in [-0.25, -0.2) is 8.42 Å². The number of piperazine rings is 1. The quantitative estimate of drug-likeness (QED) is 0.698. The number of ether oxygens (including phenoxy) is 2. The number of rotatable bonds is 5. The van der Waals surface area contributed by atoms with Crippen molar-refractivity contribution >= 4 is 21.7 Å². The van der Waals surface area contributed by atoms with Crippen LogP contribution in [0.5, 0.6) is 11.5 Å². The maximum absolute atomic E-state index is 13.0. The van der Waals surface area contributed by atoms with Crippen LogP contribution in [0.2, 0.25) is 0 Å². The summed E-state index contributed by atoms with van der Waals surface area (Å²) in [5.41, 5.74) is 1.50. The standard InChI is InChI=1S/C22H26N2O6S/c1-15-5-7-17(31(4,27)28)14-19(15)22(26)24-11-9-23(10-12-24)21(25)18-8-6-16(29-2)13-20(18)30-3/h5-8,13-14H,9-12H2,1-4H3. The molecular formula is C22H26N2O6S. The summed E-state index contributed by atoms with van der Waals surface area (Å²) < 4.78 is 34.2. The fraction of sp³-hybridized carbons (Fsp3) is 0.364. The summed E-state index contributed by atoms with van der Waals surface area (Å²) in [5, 5.41) is 0. The molecule has 1 fully saturated rings. The van der Waals surface area contributed by atoms with Crippen LogP contribution in [0.3, 0.4) is 0 Å². The summed E-state index contributed by atoms with van der Waals surface area (Å²) in [6.45, 7) is 3.21. The molecule has 1 aliphatic heterocycles. The second-order valence-corrected chi connectivity index (χ2v) is 9.42. The fourth-order valence-corrected chi connectivity index (χ4v) is 4.14. The predicted molar refractivity (Wildman–Crippen MR) is 116 cm³/mol. The summed E-state index contributed by atoms with van der Waals surface area (Å²) in [5.74, 6) is 0.602. The lowest BCUT2D eigenvalue weighted by Crippen LogP contribution is -2.50. The van der Waals surface area contributed by atoms with Gasteiger partial charge in [-0.1, -0.05) is 6.07 Å². The molecular weight excluding hydrogens is 420 g/mol. The molecule has 0 N–H and O–H groups in total. The van der Waals surface area contributed by atoms with Gasteiger partial charge in [-0.2, -0.15) is 0 Å². The Morgan fingerprint density at radius 3 is 1.94 bits per heavy atom. The molecule has 9 heteroatoms. The molecule has 0 radical (unpaired) electrons. The number of nitrogens with zero attached hydrogens (tertiary/aromatic N) is 2. The minimum atomic E-state index is -3.41. The Kier molecular flexibility index (Phi) is 6.54. The smallest absolute Gasteiger partial charge is 0.257 e. The highest BCUT2D eigenvalue weighted by Gasteiger charge is 2.28. The molecule has 31 heavy (non-hydrogen) atoms. The number of aryl methyl sites for hydroxylation is 1. The Labute approximate surface area is 182 Å². The molecule has 1 heterocycles. The lowest BCUT2D eigenvalue weighted by atomic mass is 10.1.